The molecule has 1 spiro atoms. The molecule has 2 aliphatic carbocycles. The molecule has 3 fully saturated rings. The van der Waals surface area contributed by atoms with Crippen molar-refractivity contribution >= 4 is 40.0 Å². The second kappa shape index (κ2) is 13.2. The fourth-order valence-corrected chi connectivity index (χ4v) is 9.63. The van der Waals surface area contributed by atoms with E-state index in [2.05, 4.69) is 46.4 Å². The zero-order valence-corrected chi connectivity index (χ0v) is 33.4. The fourth-order valence-electron chi connectivity index (χ4n) is 9.63. The Morgan fingerprint density at radius 1 is 0.696 bits per heavy atom. The number of hydrogen-bond donors (Lipinski definition) is 2. The molecule has 2 aliphatic heterocycles. The average molecular weight is 757 g/mol. The predicted molar refractivity (Wildman–Crippen MR) is 215 cm³/mol. The van der Waals surface area contributed by atoms with Gasteiger partial charge in [-0.05, 0) is 139 Å². The van der Waals surface area contributed by atoms with Crippen molar-refractivity contribution in [2.24, 2.45) is 5.41 Å². The van der Waals surface area contributed by atoms with Crippen LogP contribution < -0.4 is 0 Å². The van der Waals surface area contributed by atoms with Gasteiger partial charge in [-0.2, -0.15) is 0 Å². The first-order chi connectivity index (χ1) is 26.7. The Morgan fingerprint density at radius 3 is 1.68 bits per heavy atom. The van der Waals surface area contributed by atoms with E-state index in [-0.39, 0.29) is 35.5 Å². The maximum absolute atomic E-state index is 14.6. The number of aromatic nitrogens is 4. The number of aromatic amines is 2. The molecule has 2 atom stereocenters. The summed E-state index contributed by atoms with van der Waals surface area (Å²) in [6.45, 7) is 12.6. The SMILES string of the molecule is CC(C)(C)OC(=O)N1CCC[C@H]1c1nc2ccc(-c3ccc(-c4ccc5nc([C@@H]6CCCN6C(=O)OC(C)(C)C)[nH]c5c4)c4c3CC3(CCCC3)C4=O)cc2[nH]1. The molecule has 56 heavy (non-hydrogen) atoms. The molecule has 0 bridgehead atoms. The largest absolute Gasteiger partial charge is 0.444 e. The fraction of sp³-hybridized carbons (Fsp3) is 0.489. The second-order valence-corrected chi connectivity index (χ2v) is 18.4. The summed E-state index contributed by atoms with van der Waals surface area (Å²) < 4.78 is 11.4. The van der Waals surface area contributed by atoms with Gasteiger partial charge in [0.15, 0.2) is 5.78 Å². The Labute approximate surface area is 327 Å². The molecule has 11 nitrogen and oxygen atoms in total. The van der Waals surface area contributed by atoms with Crippen LogP contribution in [-0.4, -0.2) is 72.0 Å². The highest BCUT2D eigenvalue weighted by Crippen LogP contribution is 2.53. The molecule has 1 saturated carbocycles. The van der Waals surface area contributed by atoms with E-state index in [1.54, 1.807) is 9.80 Å². The summed E-state index contributed by atoms with van der Waals surface area (Å²) in [6, 6.07) is 16.4. The number of ether oxygens (including phenoxy) is 2. The number of nitrogens with one attached hydrogen (secondary N) is 2. The van der Waals surface area contributed by atoms with E-state index < -0.39 is 11.2 Å². The topological polar surface area (TPSA) is 134 Å². The van der Waals surface area contributed by atoms with Crippen molar-refractivity contribution in [2.45, 2.75) is 123 Å². The molecule has 0 radical (unpaired) electrons. The van der Waals surface area contributed by atoms with E-state index in [9.17, 15) is 14.4 Å². The van der Waals surface area contributed by atoms with Crippen LogP contribution >= 0.6 is 0 Å². The predicted octanol–water partition coefficient (Wildman–Crippen LogP) is 10.2. The number of fused-ring (bicyclic) bond motifs is 3. The zero-order chi connectivity index (χ0) is 39.1. The maximum atomic E-state index is 14.6. The Balaban J connectivity index is 1.06. The Bertz CT molecular complexity index is 2390. The molecule has 292 valence electrons. The smallest absolute Gasteiger partial charge is 0.410 e. The molecular weight excluding hydrogens is 705 g/mol. The van der Waals surface area contributed by atoms with Crippen molar-refractivity contribution in [1.29, 1.82) is 0 Å². The Morgan fingerprint density at radius 2 is 1.18 bits per heavy atom. The van der Waals surface area contributed by atoms with Crippen molar-refractivity contribution in [1.82, 2.24) is 29.7 Å². The van der Waals surface area contributed by atoms with Crippen LogP contribution in [0.2, 0.25) is 0 Å². The second-order valence-electron chi connectivity index (χ2n) is 18.4. The number of likely N-dealkylation sites (tertiary alicyclic amines) is 2. The van der Waals surface area contributed by atoms with E-state index in [1.165, 1.54) is 0 Å². The highest BCUT2D eigenvalue weighted by Gasteiger charge is 2.49. The van der Waals surface area contributed by atoms with Crippen LogP contribution in [0.15, 0.2) is 48.5 Å². The number of imidazole rings is 2. The molecule has 3 aromatic carbocycles. The Hall–Kier alpha value is -5.19. The first-order valence-electron chi connectivity index (χ1n) is 20.4. The summed E-state index contributed by atoms with van der Waals surface area (Å²) >= 11 is 0. The van der Waals surface area contributed by atoms with Crippen molar-refractivity contribution in [3.8, 4) is 22.3 Å². The summed E-state index contributed by atoms with van der Waals surface area (Å²) in [6.07, 6.45) is 7.48. The third-order valence-electron chi connectivity index (χ3n) is 12.1. The van der Waals surface area contributed by atoms with Gasteiger partial charge in [0, 0.05) is 24.1 Å². The first kappa shape index (κ1) is 36.4. The quantitative estimate of drug-likeness (QED) is 0.186. The minimum atomic E-state index is -0.575. The van der Waals surface area contributed by atoms with E-state index >= 15 is 0 Å². The number of hydrogen-bond acceptors (Lipinski definition) is 7. The number of benzene rings is 3. The average Bonchev–Trinajstić information content (AvgIpc) is 3.99. The van der Waals surface area contributed by atoms with E-state index in [0.717, 1.165) is 125 Å². The molecule has 9 rings (SSSR count). The molecule has 4 heterocycles. The Kier molecular flexibility index (Phi) is 8.59. The highest BCUT2D eigenvalue weighted by molar-refractivity contribution is 6.12. The van der Waals surface area contributed by atoms with E-state index in [4.69, 9.17) is 19.4 Å². The van der Waals surface area contributed by atoms with Crippen molar-refractivity contribution in [3.05, 3.63) is 71.3 Å². The summed E-state index contributed by atoms with van der Waals surface area (Å²) in [4.78, 5) is 61.3. The molecular formula is C45H52N6O5. The lowest BCUT2D eigenvalue weighted by Crippen LogP contribution is -2.36. The van der Waals surface area contributed by atoms with Crippen LogP contribution in [0.1, 0.15) is 133 Å². The number of carbonyl (C=O) groups excluding carboxylic acids is 3. The maximum Gasteiger partial charge on any atom is 0.410 e. The molecule has 2 saturated heterocycles. The van der Waals surface area contributed by atoms with Gasteiger partial charge in [-0.25, -0.2) is 19.6 Å². The normalized spacial score (nSPS) is 20.9. The number of H-pyrrole nitrogens is 2. The van der Waals surface area contributed by atoms with Gasteiger partial charge >= 0.3 is 12.2 Å². The third-order valence-corrected chi connectivity index (χ3v) is 12.1. The number of nitrogens with zero attached hydrogens (tertiary/aromatic N) is 4. The number of carbonyl (C=O) groups is 3. The van der Waals surface area contributed by atoms with Gasteiger partial charge in [-0.1, -0.05) is 37.1 Å². The standard InChI is InChI=1S/C45H52N6O5/c1-43(2,3)55-41(53)50-21-9-11-35(50)39-46-31-17-13-26(23-33(31)48-39)28-15-16-29(37-30(28)25-45(38(37)52)19-7-8-20-45)27-14-18-32-34(24-27)49-40(47-32)36-12-10-22-51(36)42(54)56-44(4,5)6/h13-18,23-24,35-36H,7-12,19-22,25H2,1-6H3,(H,46,48)(H,47,49)/t35-,36-/m0/s1. The first-order valence-corrected chi connectivity index (χ1v) is 20.4. The summed E-state index contributed by atoms with van der Waals surface area (Å²) in [5.41, 5.74) is 7.91. The van der Waals surface area contributed by atoms with Gasteiger partial charge in [-0.3, -0.25) is 14.6 Å². The van der Waals surface area contributed by atoms with Crippen molar-refractivity contribution in [3.63, 3.8) is 0 Å². The molecule has 11 heteroatoms. The van der Waals surface area contributed by atoms with Crippen LogP contribution in [0.25, 0.3) is 44.3 Å². The van der Waals surface area contributed by atoms with Gasteiger partial charge in [0.1, 0.15) is 22.9 Å². The van der Waals surface area contributed by atoms with Crippen LogP contribution in [0.3, 0.4) is 0 Å². The minimum absolute atomic E-state index is 0.172. The van der Waals surface area contributed by atoms with Gasteiger partial charge in [-0.15, -0.1) is 0 Å². The van der Waals surface area contributed by atoms with Crippen LogP contribution in [0.5, 0.6) is 0 Å². The van der Waals surface area contributed by atoms with Crippen molar-refractivity contribution in [2.75, 3.05) is 13.1 Å². The van der Waals surface area contributed by atoms with Crippen LogP contribution in [0, 0.1) is 5.41 Å². The van der Waals surface area contributed by atoms with Crippen LogP contribution in [-0.2, 0) is 15.9 Å². The number of rotatable bonds is 4. The summed E-state index contributed by atoms with van der Waals surface area (Å²) in [5.74, 6) is 1.79. The molecule has 4 aliphatic rings. The summed E-state index contributed by atoms with van der Waals surface area (Å²) in [5, 5.41) is 0. The highest BCUT2D eigenvalue weighted by atomic mass is 16.6. The van der Waals surface area contributed by atoms with E-state index in [0.29, 0.717) is 13.1 Å². The van der Waals surface area contributed by atoms with Crippen LogP contribution in [0.4, 0.5) is 9.59 Å². The molecule has 0 unspecified atom stereocenters. The molecule has 2 N–H and O–H groups in total. The lowest BCUT2D eigenvalue weighted by Gasteiger charge is -2.27. The molecule has 5 aromatic rings. The monoisotopic (exact) mass is 756 g/mol. The van der Waals surface area contributed by atoms with Gasteiger partial charge in [0.25, 0.3) is 0 Å². The lowest BCUT2D eigenvalue weighted by atomic mass is 9.81. The van der Waals surface area contributed by atoms with Crippen molar-refractivity contribution < 1.29 is 23.9 Å². The molecule has 2 amide bonds. The number of amides is 2. The third kappa shape index (κ3) is 6.42. The molecule has 2 aromatic heterocycles. The van der Waals surface area contributed by atoms with Gasteiger partial charge in [0.2, 0.25) is 0 Å². The van der Waals surface area contributed by atoms with Gasteiger partial charge < -0.3 is 19.4 Å². The van der Waals surface area contributed by atoms with E-state index in [1.807, 2.05) is 53.7 Å². The number of ketones is 1. The minimum Gasteiger partial charge on any atom is -0.444 e. The lowest BCUT2D eigenvalue weighted by molar-refractivity contribution is 0.0208. The number of Topliss-reactive ketones (excluding diaryl/α,β-unsaturated/α-hetero) is 1. The zero-order valence-electron chi connectivity index (χ0n) is 33.4. The van der Waals surface area contributed by atoms with Gasteiger partial charge in [0.05, 0.1) is 34.2 Å². The summed E-state index contributed by atoms with van der Waals surface area (Å²) in [7, 11) is 0.